The van der Waals surface area contributed by atoms with Crippen molar-refractivity contribution in [3.8, 4) is 6.07 Å². The normalized spacial score (nSPS) is 12.1. The van der Waals surface area contributed by atoms with Gasteiger partial charge >= 0.3 is 0 Å². The number of amides is 2. The molecule has 1 heterocycles. The average molecular weight is 461 g/mol. The molecule has 1 aromatic carbocycles. The summed E-state index contributed by atoms with van der Waals surface area (Å²) >= 11 is 1.22. The van der Waals surface area contributed by atoms with Gasteiger partial charge in [-0.15, -0.1) is 0 Å². The van der Waals surface area contributed by atoms with E-state index < -0.39 is 21.2 Å². The zero-order chi connectivity index (χ0) is 23.2. The molecule has 2 aromatic rings. The van der Waals surface area contributed by atoms with E-state index in [1.165, 1.54) is 36.0 Å². The molecule has 2 rings (SSSR count). The highest BCUT2D eigenvalue weighted by Gasteiger charge is 2.22. The lowest BCUT2D eigenvalue weighted by atomic mass is 10.1. The van der Waals surface area contributed by atoms with Crippen LogP contribution in [0.4, 0.5) is 5.69 Å². The van der Waals surface area contributed by atoms with Crippen LogP contribution in [-0.4, -0.2) is 30.5 Å². The van der Waals surface area contributed by atoms with E-state index in [1.54, 1.807) is 6.07 Å². The van der Waals surface area contributed by atoms with Crippen LogP contribution in [-0.2, 0) is 19.6 Å². The van der Waals surface area contributed by atoms with Crippen LogP contribution in [0.2, 0.25) is 0 Å². The lowest BCUT2D eigenvalue weighted by Gasteiger charge is -2.16. The highest BCUT2D eigenvalue weighted by atomic mass is 32.2. The van der Waals surface area contributed by atoms with Crippen molar-refractivity contribution in [1.82, 2.24) is 9.71 Å². The number of carbonyl (C=O) groups excluding carboxylic acids is 2. The van der Waals surface area contributed by atoms with Crippen molar-refractivity contribution in [2.45, 2.75) is 55.2 Å². The van der Waals surface area contributed by atoms with Gasteiger partial charge in [0, 0.05) is 18.3 Å². The molecule has 0 bridgehead atoms. The Kier molecular flexibility index (Phi) is 8.19. The molecule has 31 heavy (non-hydrogen) atoms. The number of nitrogens with zero attached hydrogens (tertiary/aromatic N) is 2. The van der Waals surface area contributed by atoms with Crippen LogP contribution in [0.25, 0.3) is 0 Å². The Hall–Kier alpha value is -2.90. The van der Waals surface area contributed by atoms with Gasteiger partial charge in [-0.2, -0.15) is 5.26 Å². The first-order valence-electron chi connectivity index (χ1n) is 9.59. The van der Waals surface area contributed by atoms with E-state index in [0.717, 1.165) is 12.6 Å². The van der Waals surface area contributed by atoms with E-state index in [1.807, 2.05) is 31.6 Å². The van der Waals surface area contributed by atoms with E-state index in [4.69, 9.17) is 0 Å². The molecule has 2 N–H and O–H groups in total. The van der Waals surface area contributed by atoms with E-state index in [-0.39, 0.29) is 16.7 Å². The fourth-order valence-corrected chi connectivity index (χ4v) is 4.59. The second kappa shape index (κ2) is 10.4. The number of nitrogens with one attached hydrogen (secondary N) is 2. The Labute approximate surface area is 186 Å². The largest absolute Gasteiger partial charge is 0.325 e. The van der Waals surface area contributed by atoms with Gasteiger partial charge in [0.05, 0.1) is 15.7 Å². The smallest absolute Gasteiger partial charge is 0.264 e. The zero-order valence-electron chi connectivity index (χ0n) is 17.7. The third-order valence-corrected chi connectivity index (χ3v) is 7.04. The summed E-state index contributed by atoms with van der Waals surface area (Å²) in [7, 11) is -3.94. The average Bonchev–Trinajstić information content (AvgIpc) is 2.71. The summed E-state index contributed by atoms with van der Waals surface area (Å²) in [4.78, 5) is 28.3. The maximum Gasteiger partial charge on any atom is 0.264 e. The number of thioether (sulfide) groups is 1. The van der Waals surface area contributed by atoms with Crippen molar-refractivity contribution in [1.29, 1.82) is 5.26 Å². The van der Waals surface area contributed by atoms with Gasteiger partial charge in [0.2, 0.25) is 11.8 Å². The van der Waals surface area contributed by atoms with Gasteiger partial charge in [-0.3, -0.25) is 9.59 Å². The SMILES string of the molecule is CCC(Sc1nc(C(C)C)ccc1C#N)C(=O)Nc1ccc(S(=O)(=O)NC(C)=O)cc1. The van der Waals surface area contributed by atoms with Crippen LogP contribution < -0.4 is 10.0 Å². The molecule has 0 spiro atoms. The van der Waals surface area contributed by atoms with E-state index in [2.05, 4.69) is 16.4 Å². The Morgan fingerprint density at radius 2 is 1.81 bits per heavy atom. The molecular formula is C21H24N4O4S2. The van der Waals surface area contributed by atoms with Crippen molar-refractivity contribution in [3.05, 3.63) is 47.7 Å². The van der Waals surface area contributed by atoms with Crippen molar-refractivity contribution in [2.75, 3.05) is 5.32 Å². The van der Waals surface area contributed by atoms with Gasteiger partial charge in [0.1, 0.15) is 11.1 Å². The molecule has 0 radical (unpaired) electrons. The van der Waals surface area contributed by atoms with Crippen LogP contribution in [0, 0.1) is 11.3 Å². The molecule has 1 unspecified atom stereocenters. The van der Waals surface area contributed by atoms with E-state index >= 15 is 0 Å². The molecule has 0 aliphatic rings. The van der Waals surface area contributed by atoms with E-state index in [0.29, 0.717) is 22.7 Å². The number of nitriles is 1. The maximum absolute atomic E-state index is 12.8. The first-order valence-corrected chi connectivity index (χ1v) is 12.0. The Balaban J connectivity index is 2.16. The molecule has 0 aliphatic carbocycles. The number of carbonyl (C=O) groups is 2. The Bertz CT molecular complexity index is 1110. The minimum absolute atomic E-state index is 0.0875. The number of hydrogen-bond acceptors (Lipinski definition) is 7. The third-order valence-electron chi connectivity index (χ3n) is 4.22. The van der Waals surface area contributed by atoms with Gasteiger partial charge in [0.25, 0.3) is 10.0 Å². The number of benzene rings is 1. The molecule has 1 aromatic heterocycles. The molecule has 0 saturated carbocycles. The highest BCUT2D eigenvalue weighted by molar-refractivity contribution is 8.00. The fourth-order valence-electron chi connectivity index (χ4n) is 2.60. The number of pyridine rings is 1. The second-order valence-electron chi connectivity index (χ2n) is 7.05. The molecule has 0 fully saturated rings. The zero-order valence-corrected chi connectivity index (χ0v) is 19.3. The molecule has 0 saturated heterocycles. The van der Waals surface area contributed by atoms with Crippen molar-refractivity contribution in [2.24, 2.45) is 0 Å². The first kappa shape index (κ1) is 24.4. The van der Waals surface area contributed by atoms with Crippen LogP contribution in [0.15, 0.2) is 46.3 Å². The van der Waals surface area contributed by atoms with Crippen LogP contribution in [0.5, 0.6) is 0 Å². The van der Waals surface area contributed by atoms with Gasteiger partial charge < -0.3 is 5.32 Å². The van der Waals surface area contributed by atoms with Gasteiger partial charge in [-0.05, 0) is 48.7 Å². The highest BCUT2D eigenvalue weighted by Crippen LogP contribution is 2.29. The van der Waals surface area contributed by atoms with E-state index in [9.17, 15) is 23.3 Å². The monoisotopic (exact) mass is 460 g/mol. The summed E-state index contributed by atoms with van der Waals surface area (Å²) in [6.45, 7) is 6.97. The molecule has 2 amide bonds. The summed E-state index contributed by atoms with van der Waals surface area (Å²) in [5, 5.41) is 12.1. The van der Waals surface area contributed by atoms with Gasteiger partial charge in [-0.1, -0.05) is 32.5 Å². The lowest BCUT2D eigenvalue weighted by Crippen LogP contribution is -2.28. The molecule has 0 aliphatic heterocycles. The molecule has 8 nitrogen and oxygen atoms in total. The van der Waals surface area contributed by atoms with Crippen molar-refractivity contribution < 1.29 is 18.0 Å². The van der Waals surface area contributed by atoms with Crippen molar-refractivity contribution in [3.63, 3.8) is 0 Å². The molecular weight excluding hydrogens is 436 g/mol. The second-order valence-corrected chi connectivity index (χ2v) is 9.92. The minimum atomic E-state index is -3.94. The quantitative estimate of drug-likeness (QED) is 0.578. The van der Waals surface area contributed by atoms with Crippen LogP contribution in [0.1, 0.15) is 51.3 Å². The number of sulfonamides is 1. The summed E-state index contributed by atoms with van der Waals surface area (Å²) in [5.41, 5.74) is 1.66. The van der Waals surface area contributed by atoms with Crippen molar-refractivity contribution >= 4 is 39.3 Å². The summed E-state index contributed by atoms with van der Waals surface area (Å²) in [6.07, 6.45) is 0.504. The Morgan fingerprint density at radius 1 is 1.16 bits per heavy atom. The number of aromatic nitrogens is 1. The van der Waals surface area contributed by atoms with Crippen LogP contribution in [0.3, 0.4) is 0 Å². The summed E-state index contributed by atoms with van der Waals surface area (Å²) in [5.74, 6) is -0.786. The van der Waals surface area contributed by atoms with Gasteiger partial charge in [-0.25, -0.2) is 18.1 Å². The number of anilines is 1. The van der Waals surface area contributed by atoms with Crippen LogP contribution >= 0.6 is 11.8 Å². The fraction of sp³-hybridized carbons (Fsp3) is 0.333. The summed E-state index contributed by atoms with van der Waals surface area (Å²) < 4.78 is 25.9. The predicted octanol–water partition coefficient (Wildman–Crippen LogP) is 3.41. The third kappa shape index (κ3) is 6.54. The number of rotatable bonds is 8. The first-order chi connectivity index (χ1) is 14.6. The minimum Gasteiger partial charge on any atom is -0.325 e. The summed E-state index contributed by atoms with van der Waals surface area (Å²) in [6, 6.07) is 11.1. The Morgan fingerprint density at radius 3 is 2.32 bits per heavy atom. The standard InChI is InChI=1S/C21H24N4O4S2/c1-5-19(30-21-15(12-22)6-11-18(24-21)13(2)3)20(27)23-16-7-9-17(10-8-16)31(28,29)25-14(4)26/h6-11,13,19H,5H2,1-4H3,(H,23,27)(H,25,26). The molecule has 10 heteroatoms. The topological polar surface area (TPSA) is 129 Å². The maximum atomic E-state index is 12.8. The molecule has 1 atom stereocenters. The molecule has 164 valence electrons. The lowest BCUT2D eigenvalue weighted by molar-refractivity contribution is -0.117. The number of hydrogen-bond donors (Lipinski definition) is 2. The predicted molar refractivity (Wildman–Crippen MR) is 119 cm³/mol. The van der Waals surface area contributed by atoms with Gasteiger partial charge in [0.15, 0.2) is 0 Å².